The summed E-state index contributed by atoms with van der Waals surface area (Å²) in [5.74, 6) is -0.339. The number of fused-ring (bicyclic) bond motifs is 1. The van der Waals surface area contributed by atoms with Crippen molar-refractivity contribution >= 4 is 33.2 Å². The fourth-order valence-electron chi connectivity index (χ4n) is 2.94. The van der Waals surface area contributed by atoms with Crippen molar-refractivity contribution in [2.45, 2.75) is 44.2 Å². The van der Waals surface area contributed by atoms with Gasteiger partial charge in [0.25, 0.3) is 0 Å². The fourth-order valence-corrected chi connectivity index (χ4v) is 3.90. The molecule has 1 aromatic carbocycles. The number of amides is 1. The number of hydrogen-bond donors (Lipinski definition) is 2. The summed E-state index contributed by atoms with van der Waals surface area (Å²) in [6.45, 7) is 1.17. The number of Topliss-reactive ketones (excluding diaryl/α,β-unsaturated/α-hetero) is 1. The van der Waals surface area contributed by atoms with Crippen molar-refractivity contribution in [2.75, 3.05) is 13.2 Å². The van der Waals surface area contributed by atoms with Crippen LogP contribution in [0.25, 0.3) is 10.2 Å². The number of nitrogens with one attached hydrogen (secondary N) is 1. The maximum Gasteiger partial charge on any atom is 0.249 e. The molecule has 2 heterocycles. The number of benzene rings is 1. The molecule has 6 nitrogen and oxygen atoms in total. The Bertz CT molecular complexity index is 707. The van der Waals surface area contributed by atoms with Gasteiger partial charge in [-0.25, -0.2) is 4.98 Å². The van der Waals surface area contributed by atoms with Gasteiger partial charge in [-0.3, -0.25) is 9.59 Å². The van der Waals surface area contributed by atoms with Crippen LogP contribution in [0.5, 0.6) is 0 Å². The summed E-state index contributed by atoms with van der Waals surface area (Å²) in [6, 6.07) is 7.07. The van der Waals surface area contributed by atoms with Crippen LogP contribution < -0.4 is 11.1 Å². The predicted octanol–water partition coefficient (Wildman–Crippen LogP) is 2.27. The summed E-state index contributed by atoms with van der Waals surface area (Å²) in [5, 5.41) is 3.31. The highest BCUT2D eigenvalue weighted by atomic mass is 32.1. The van der Waals surface area contributed by atoms with Crippen LogP contribution in [0.2, 0.25) is 0 Å². The number of para-hydroxylation sites is 1. The van der Waals surface area contributed by atoms with Gasteiger partial charge < -0.3 is 15.8 Å². The third-order valence-electron chi connectivity index (χ3n) is 4.31. The topological polar surface area (TPSA) is 94.3 Å². The van der Waals surface area contributed by atoms with Crippen molar-refractivity contribution in [3.8, 4) is 0 Å². The Labute approximate surface area is 150 Å². The molecular formula is C18H23N3O3S. The molecule has 0 radical (unpaired) electrons. The lowest BCUT2D eigenvalue weighted by atomic mass is 10.0. The first-order valence-electron chi connectivity index (χ1n) is 8.71. The summed E-state index contributed by atoms with van der Waals surface area (Å²) in [7, 11) is 0. The van der Waals surface area contributed by atoms with Gasteiger partial charge >= 0.3 is 0 Å². The number of nitrogens with two attached hydrogens (primary N) is 1. The highest BCUT2D eigenvalue weighted by molar-refractivity contribution is 7.20. The summed E-state index contributed by atoms with van der Waals surface area (Å²) in [5.41, 5.74) is 6.36. The molecule has 1 aliphatic heterocycles. The number of rotatable bonds is 8. The molecular weight excluding hydrogens is 338 g/mol. The molecule has 1 saturated heterocycles. The first-order chi connectivity index (χ1) is 12.2. The van der Waals surface area contributed by atoms with Gasteiger partial charge in [0.2, 0.25) is 11.7 Å². The third kappa shape index (κ3) is 4.42. The van der Waals surface area contributed by atoms with Gasteiger partial charge in [-0.15, -0.1) is 11.3 Å². The number of aromatic nitrogens is 1. The van der Waals surface area contributed by atoms with E-state index in [0.717, 1.165) is 29.5 Å². The van der Waals surface area contributed by atoms with Gasteiger partial charge in [0.05, 0.1) is 16.3 Å². The third-order valence-corrected chi connectivity index (χ3v) is 5.36. The quantitative estimate of drug-likeness (QED) is 0.556. The standard InChI is InChI=1S/C18H23N3O3S/c19-10-4-3-7-13(20-17(23)14-8-5-11-24-14)16(22)18-21-12-6-1-2-9-15(12)25-18/h1-2,6,9,13-14H,3-5,7-8,10-11,19H2,(H,20,23)/t13-,14+/m0/s1. The fraction of sp³-hybridized carbons (Fsp3) is 0.500. The smallest absolute Gasteiger partial charge is 0.249 e. The number of unbranched alkanes of at least 4 members (excludes halogenated alkanes) is 1. The minimum absolute atomic E-state index is 0.135. The molecule has 0 unspecified atom stereocenters. The van der Waals surface area contributed by atoms with Gasteiger partial charge in [-0.2, -0.15) is 0 Å². The monoisotopic (exact) mass is 361 g/mol. The van der Waals surface area contributed by atoms with Crippen molar-refractivity contribution in [3.05, 3.63) is 29.3 Å². The molecule has 25 heavy (non-hydrogen) atoms. The van der Waals surface area contributed by atoms with E-state index in [1.54, 1.807) is 0 Å². The van der Waals surface area contributed by atoms with Crippen LogP contribution in [0.15, 0.2) is 24.3 Å². The molecule has 1 amide bonds. The van der Waals surface area contributed by atoms with Crippen molar-refractivity contribution in [1.29, 1.82) is 0 Å². The summed E-state index contributed by atoms with van der Waals surface area (Å²) < 4.78 is 6.39. The van der Waals surface area contributed by atoms with Crippen molar-refractivity contribution in [1.82, 2.24) is 10.3 Å². The lowest BCUT2D eigenvalue weighted by molar-refractivity contribution is -0.130. The van der Waals surface area contributed by atoms with Crippen molar-refractivity contribution in [2.24, 2.45) is 5.73 Å². The first-order valence-corrected chi connectivity index (χ1v) is 9.52. The van der Waals surface area contributed by atoms with Crippen LogP contribution in [0.4, 0.5) is 0 Å². The highest BCUT2D eigenvalue weighted by Gasteiger charge is 2.29. The van der Waals surface area contributed by atoms with E-state index in [2.05, 4.69) is 10.3 Å². The maximum absolute atomic E-state index is 12.9. The minimum atomic E-state index is -0.580. The van der Waals surface area contributed by atoms with Gasteiger partial charge in [0.1, 0.15) is 6.10 Å². The Morgan fingerprint density at radius 2 is 2.20 bits per heavy atom. The number of hydrogen-bond acceptors (Lipinski definition) is 6. The van der Waals surface area contributed by atoms with Gasteiger partial charge in [-0.05, 0) is 50.8 Å². The summed E-state index contributed by atoms with van der Waals surface area (Å²) in [4.78, 5) is 29.7. The van der Waals surface area contributed by atoms with Gasteiger partial charge in [0, 0.05) is 6.61 Å². The number of ketones is 1. The molecule has 0 spiro atoms. The summed E-state index contributed by atoms with van der Waals surface area (Å²) in [6.07, 6.45) is 3.30. The van der Waals surface area contributed by atoms with Crippen LogP contribution in [0.1, 0.15) is 41.9 Å². The average molecular weight is 361 g/mol. The largest absolute Gasteiger partial charge is 0.368 e. The molecule has 2 aromatic rings. The lowest BCUT2D eigenvalue weighted by Gasteiger charge is -2.18. The van der Waals surface area contributed by atoms with Crippen LogP contribution in [-0.2, 0) is 9.53 Å². The van der Waals surface area contributed by atoms with Crippen molar-refractivity contribution < 1.29 is 14.3 Å². The Hall–Kier alpha value is -1.83. The summed E-state index contributed by atoms with van der Waals surface area (Å²) >= 11 is 1.36. The molecule has 1 fully saturated rings. The normalized spacial score (nSPS) is 18.4. The molecule has 7 heteroatoms. The first kappa shape index (κ1) is 18.0. The van der Waals surface area contributed by atoms with E-state index in [0.29, 0.717) is 31.0 Å². The Kier molecular flexibility index (Phi) is 6.12. The van der Waals surface area contributed by atoms with E-state index in [-0.39, 0.29) is 11.7 Å². The number of ether oxygens (including phenoxy) is 1. The molecule has 3 rings (SSSR count). The molecule has 1 aromatic heterocycles. The Balaban J connectivity index is 1.74. The molecule has 0 aliphatic carbocycles. The second kappa shape index (κ2) is 8.51. The van der Waals surface area contributed by atoms with Gasteiger partial charge in [-0.1, -0.05) is 12.1 Å². The van der Waals surface area contributed by atoms with Crippen LogP contribution in [0, 0.1) is 0 Å². The zero-order valence-corrected chi connectivity index (χ0v) is 14.9. The van der Waals surface area contributed by atoms with Gasteiger partial charge in [0.15, 0.2) is 5.01 Å². The maximum atomic E-state index is 12.9. The molecule has 0 saturated carbocycles. The zero-order chi connectivity index (χ0) is 17.6. The highest BCUT2D eigenvalue weighted by Crippen LogP contribution is 2.23. The van der Waals surface area contributed by atoms with Crippen molar-refractivity contribution in [3.63, 3.8) is 0 Å². The molecule has 3 N–H and O–H groups in total. The average Bonchev–Trinajstić information content (AvgIpc) is 3.29. The van der Waals surface area contributed by atoms with Crippen LogP contribution >= 0.6 is 11.3 Å². The molecule has 2 atom stereocenters. The number of nitrogens with zero attached hydrogens (tertiary/aromatic N) is 1. The molecule has 0 bridgehead atoms. The second-order valence-corrected chi connectivity index (χ2v) is 7.23. The number of carbonyl (C=O) groups excluding carboxylic acids is 2. The van der Waals surface area contributed by atoms with Crippen LogP contribution in [0.3, 0.4) is 0 Å². The second-order valence-electron chi connectivity index (χ2n) is 6.20. The Morgan fingerprint density at radius 1 is 1.36 bits per heavy atom. The van der Waals surface area contributed by atoms with E-state index in [9.17, 15) is 9.59 Å². The SMILES string of the molecule is NCCCC[C@H](NC(=O)[C@H]1CCCO1)C(=O)c1nc2ccccc2s1. The minimum Gasteiger partial charge on any atom is -0.368 e. The van der Waals surface area contributed by atoms with E-state index in [1.807, 2.05) is 24.3 Å². The number of carbonyl (C=O) groups is 2. The van der Waals surface area contributed by atoms with E-state index in [4.69, 9.17) is 10.5 Å². The van der Waals surface area contributed by atoms with E-state index < -0.39 is 12.1 Å². The van der Waals surface area contributed by atoms with Crippen LogP contribution in [-0.4, -0.2) is 42.0 Å². The van der Waals surface area contributed by atoms with E-state index >= 15 is 0 Å². The lowest BCUT2D eigenvalue weighted by Crippen LogP contribution is -2.45. The predicted molar refractivity (Wildman–Crippen MR) is 97.8 cm³/mol. The number of thiazole rings is 1. The van der Waals surface area contributed by atoms with E-state index in [1.165, 1.54) is 11.3 Å². The molecule has 134 valence electrons. The Morgan fingerprint density at radius 3 is 2.92 bits per heavy atom. The zero-order valence-electron chi connectivity index (χ0n) is 14.1. The molecule has 1 aliphatic rings.